The van der Waals surface area contributed by atoms with Gasteiger partial charge >= 0.3 is 0 Å². The van der Waals surface area contributed by atoms with Crippen molar-refractivity contribution in [1.29, 1.82) is 0 Å². The van der Waals surface area contributed by atoms with Crippen LogP contribution in [0, 0.1) is 11.6 Å². The fourth-order valence-electron chi connectivity index (χ4n) is 1.96. The van der Waals surface area contributed by atoms with Crippen molar-refractivity contribution >= 4 is 23.1 Å². The molecular formula is C17H12F2N4O. The number of amides is 1. The number of rotatable bonds is 4. The van der Waals surface area contributed by atoms with Gasteiger partial charge in [-0.2, -0.15) is 0 Å². The average Bonchev–Trinajstić information content (AvgIpc) is 2.57. The molecular weight excluding hydrogens is 314 g/mol. The maximum absolute atomic E-state index is 13.1. The molecule has 0 aliphatic heterocycles. The van der Waals surface area contributed by atoms with E-state index in [1.54, 1.807) is 24.3 Å². The molecule has 0 atom stereocenters. The highest BCUT2D eigenvalue weighted by Crippen LogP contribution is 2.15. The van der Waals surface area contributed by atoms with Crippen molar-refractivity contribution in [1.82, 2.24) is 10.2 Å². The molecule has 2 N–H and O–H groups in total. The molecule has 7 heteroatoms. The second kappa shape index (κ2) is 6.82. The van der Waals surface area contributed by atoms with E-state index in [1.807, 2.05) is 0 Å². The van der Waals surface area contributed by atoms with Gasteiger partial charge in [-0.3, -0.25) is 4.79 Å². The lowest BCUT2D eigenvalue weighted by Crippen LogP contribution is -2.14. The summed E-state index contributed by atoms with van der Waals surface area (Å²) in [5.41, 5.74) is 1.06. The van der Waals surface area contributed by atoms with Crippen molar-refractivity contribution < 1.29 is 13.6 Å². The molecule has 1 heterocycles. The molecule has 0 saturated heterocycles. The minimum atomic E-state index is -0.499. The fraction of sp³-hybridized carbons (Fsp3) is 0. The van der Waals surface area contributed by atoms with Gasteiger partial charge in [0.2, 0.25) is 0 Å². The summed E-state index contributed by atoms with van der Waals surface area (Å²) in [6.07, 6.45) is 0. The number of aromatic nitrogens is 2. The Morgan fingerprint density at radius 3 is 2.29 bits per heavy atom. The van der Waals surface area contributed by atoms with E-state index in [0.29, 0.717) is 17.2 Å². The predicted molar refractivity (Wildman–Crippen MR) is 86.1 cm³/mol. The molecule has 0 bridgehead atoms. The Kier molecular flexibility index (Phi) is 4.42. The van der Waals surface area contributed by atoms with Gasteiger partial charge in [-0.05, 0) is 54.6 Å². The summed E-state index contributed by atoms with van der Waals surface area (Å²) in [5, 5.41) is 13.2. The van der Waals surface area contributed by atoms with Crippen molar-refractivity contribution in [3.63, 3.8) is 0 Å². The van der Waals surface area contributed by atoms with Crippen LogP contribution < -0.4 is 10.6 Å². The second-order valence-electron chi connectivity index (χ2n) is 4.90. The lowest BCUT2D eigenvalue weighted by Gasteiger charge is -2.06. The Labute approximate surface area is 136 Å². The van der Waals surface area contributed by atoms with E-state index in [1.165, 1.54) is 36.4 Å². The first-order valence-corrected chi connectivity index (χ1v) is 7.03. The molecule has 0 radical (unpaired) electrons. The zero-order valence-corrected chi connectivity index (χ0v) is 12.3. The van der Waals surface area contributed by atoms with Gasteiger partial charge in [0.1, 0.15) is 11.6 Å². The topological polar surface area (TPSA) is 66.9 Å². The lowest BCUT2D eigenvalue weighted by atomic mass is 10.3. The fourth-order valence-corrected chi connectivity index (χ4v) is 1.96. The molecule has 2 aromatic carbocycles. The molecule has 0 fully saturated rings. The second-order valence-corrected chi connectivity index (χ2v) is 4.90. The molecule has 24 heavy (non-hydrogen) atoms. The molecule has 0 spiro atoms. The Balaban J connectivity index is 1.67. The number of hydrogen-bond donors (Lipinski definition) is 2. The summed E-state index contributed by atoms with van der Waals surface area (Å²) in [5.74, 6) is -0.876. The standard InChI is InChI=1S/C17H12F2N4O/c18-11-4-6-13(7-5-11)20-16-9-8-15(22-23-16)17(24)21-14-3-1-2-12(19)10-14/h1-10H,(H,20,23)(H,21,24). The predicted octanol–water partition coefficient (Wildman–Crippen LogP) is 3.75. The number of nitrogens with zero attached hydrogens (tertiary/aromatic N) is 2. The van der Waals surface area contributed by atoms with Crippen LogP contribution in [0.2, 0.25) is 0 Å². The van der Waals surface area contributed by atoms with Gasteiger partial charge in [0.05, 0.1) is 0 Å². The number of benzene rings is 2. The third-order valence-electron chi connectivity index (χ3n) is 3.10. The zero-order chi connectivity index (χ0) is 16.9. The van der Waals surface area contributed by atoms with E-state index in [9.17, 15) is 13.6 Å². The van der Waals surface area contributed by atoms with Gasteiger partial charge in [-0.15, -0.1) is 10.2 Å². The number of hydrogen-bond acceptors (Lipinski definition) is 4. The highest BCUT2D eigenvalue weighted by atomic mass is 19.1. The third-order valence-corrected chi connectivity index (χ3v) is 3.10. The highest BCUT2D eigenvalue weighted by molar-refractivity contribution is 6.02. The quantitative estimate of drug-likeness (QED) is 0.766. The van der Waals surface area contributed by atoms with Crippen LogP contribution in [0.5, 0.6) is 0 Å². The van der Waals surface area contributed by atoms with Crippen LogP contribution in [0.15, 0.2) is 60.7 Å². The van der Waals surface area contributed by atoms with Crippen molar-refractivity contribution in [2.45, 2.75) is 0 Å². The number of nitrogens with one attached hydrogen (secondary N) is 2. The van der Waals surface area contributed by atoms with Gasteiger partial charge in [-0.25, -0.2) is 8.78 Å². The number of carbonyl (C=O) groups excluding carboxylic acids is 1. The van der Waals surface area contributed by atoms with E-state index >= 15 is 0 Å². The molecule has 0 aliphatic carbocycles. The molecule has 3 rings (SSSR count). The largest absolute Gasteiger partial charge is 0.339 e. The highest BCUT2D eigenvalue weighted by Gasteiger charge is 2.09. The lowest BCUT2D eigenvalue weighted by molar-refractivity contribution is 0.102. The monoisotopic (exact) mass is 326 g/mol. The summed E-state index contributed by atoms with van der Waals surface area (Å²) >= 11 is 0. The van der Waals surface area contributed by atoms with Crippen LogP contribution in [0.3, 0.4) is 0 Å². The smallest absolute Gasteiger partial charge is 0.276 e. The van der Waals surface area contributed by atoms with E-state index in [-0.39, 0.29) is 11.5 Å². The van der Waals surface area contributed by atoms with Crippen LogP contribution in [0.1, 0.15) is 10.5 Å². The Morgan fingerprint density at radius 1 is 0.833 bits per heavy atom. The van der Waals surface area contributed by atoms with Gasteiger partial charge in [0, 0.05) is 11.4 Å². The maximum Gasteiger partial charge on any atom is 0.276 e. The minimum absolute atomic E-state index is 0.0870. The Morgan fingerprint density at radius 2 is 1.62 bits per heavy atom. The van der Waals surface area contributed by atoms with Gasteiger partial charge in [0.15, 0.2) is 11.5 Å². The van der Waals surface area contributed by atoms with E-state index in [2.05, 4.69) is 20.8 Å². The van der Waals surface area contributed by atoms with Gasteiger partial charge in [0.25, 0.3) is 5.91 Å². The van der Waals surface area contributed by atoms with Crippen molar-refractivity contribution in [2.24, 2.45) is 0 Å². The molecule has 120 valence electrons. The summed E-state index contributed by atoms with van der Waals surface area (Å²) in [6.45, 7) is 0. The zero-order valence-electron chi connectivity index (χ0n) is 12.3. The molecule has 0 aliphatic rings. The van der Waals surface area contributed by atoms with E-state index in [4.69, 9.17) is 0 Å². The van der Waals surface area contributed by atoms with Crippen LogP contribution >= 0.6 is 0 Å². The maximum atomic E-state index is 13.1. The number of anilines is 3. The molecule has 0 saturated carbocycles. The van der Waals surface area contributed by atoms with Crippen molar-refractivity contribution in [2.75, 3.05) is 10.6 Å². The Hall–Kier alpha value is -3.35. The first kappa shape index (κ1) is 15.5. The first-order valence-electron chi connectivity index (χ1n) is 7.03. The summed E-state index contributed by atoms with van der Waals surface area (Å²) < 4.78 is 25.9. The van der Waals surface area contributed by atoms with E-state index < -0.39 is 11.7 Å². The minimum Gasteiger partial charge on any atom is -0.339 e. The normalized spacial score (nSPS) is 10.2. The van der Waals surface area contributed by atoms with Gasteiger partial charge in [-0.1, -0.05) is 6.07 Å². The SMILES string of the molecule is O=C(Nc1cccc(F)c1)c1ccc(Nc2ccc(F)cc2)nn1. The summed E-state index contributed by atoms with van der Waals surface area (Å²) in [4.78, 5) is 12.0. The van der Waals surface area contributed by atoms with Crippen LogP contribution in [-0.4, -0.2) is 16.1 Å². The van der Waals surface area contributed by atoms with Crippen LogP contribution in [0.25, 0.3) is 0 Å². The molecule has 1 aromatic heterocycles. The number of halogens is 2. The first-order chi connectivity index (χ1) is 11.6. The molecule has 1 amide bonds. The summed E-state index contributed by atoms with van der Waals surface area (Å²) in [6, 6.07) is 14.3. The van der Waals surface area contributed by atoms with Crippen molar-refractivity contribution in [3.05, 3.63) is 78.0 Å². The number of carbonyl (C=O) groups is 1. The average molecular weight is 326 g/mol. The van der Waals surface area contributed by atoms with Gasteiger partial charge < -0.3 is 10.6 Å². The Bertz CT molecular complexity index is 851. The third kappa shape index (κ3) is 3.89. The molecule has 5 nitrogen and oxygen atoms in total. The van der Waals surface area contributed by atoms with Crippen LogP contribution in [-0.2, 0) is 0 Å². The van der Waals surface area contributed by atoms with Crippen molar-refractivity contribution in [3.8, 4) is 0 Å². The summed E-state index contributed by atoms with van der Waals surface area (Å²) in [7, 11) is 0. The van der Waals surface area contributed by atoms with E-state index in [0.717, 1.165) is 0 Å². The van der Waals surface area contributed by atoms with Crippen LogP contribution in [0.4, 0.5) is 26.0 Å². The molecule has 3 aromatic rings. The molecule has 0 unspecified atom stereocenters.